The largest absolute Gasteiger partial charge is 0.355 e. The molecule has 0 unspecified atom stereocenters. The van der Waals surface area contributed by atoms with E-state index in [1.807, 2.05) is 137 Å². The van der Waals surface area contributed by atoms with Crippen molar-refractivity contribution in [3.63, 3.8) is 0 Å². The lowest BCUT2D eigenvalue weighted by Crippen LogP contribution is -2.42. The van der Waals surface area contributed by atoms with Crippen molar-refractivity contribution < 1.29 is 47.9 Å². The molecular weight excluding hydrogens is 1120 g/mol. The molecule has 5 aromatic rings. The minimum Gasteiger partial charge on any atom is -0.355 e. The summed E-state index contributed by atoms with van der Waals surface area (Å²) in [4.78, 5) is 114. The number of amides is 9. The van der Waals surface area contributed by atoms with Crippen molar-refractivity contribution in [3.8, 4) is 0 Å². The van der Waals surface area contributed by atoms with Gasteiger partial charge in [0.1, 0.15) is 5.78 Å². The summed E-state index contributed by atoms with van der Waals surface area (Å²) in [5.41, 5.74) is 9.05. The number of nitrogens with one attached hydrogen (secondary N) is 11. The zero-order valence-electron chi connectivity index (χ0n) is 53.2. The molecule has 9 amide bonds. The van der Waals surface area contributed by atoms with Gasteiger partial charge in [0.25, 0.3) is 29.5 Å². The predicted octanol–water partition coefficient (Wildman–Crippen LogP) is 4.82. The molecule has 478 valence electrons. The van der Waals surface area contributed by atoms with E-state index in [1.54, 1.807) is 19.1 Å². The highest BCUT2D eigenvalue weighted by Gasteiger charge is 2.12. The molecule has 0 fully saturated rings. The molecule has 5 rings (SSSR count). The number of hydrogen-bond acceptors (Lipinski definition) is 12. The Balaban J connectivity index is 0.000000555. The SMILES string of the molecule is CCC(=O)NCCNC(=O)c1ccccc1CC.CCc1ccc(C(=O)NCC(=O)NCC(=O)NCC(C)=O)cc1.CCc1ccc(C(=O)NCCNC(C)=O)cc1.CCc1ccc(C(=O)NCCNC)cc1.CCc1ccccc1C(=O)NCCNC. The molecule has 0 saturated carbocycles. The predicted molar refractivity (Wildman–Crippen MR) is 347 cm³/mol. The van der Waals surface area contributed by atoms with Crippen molar-refractivity contribution in [3.05, 3.63) is 177 Å². The van der Waals surface area contributed by atoms with Gasteiger partial charge in [-0.3, -0.25) is 47.9 Å². The topological polar surface area (TPSA) is 303 Å². The van der Waals surface area contributed by atoms with Gasteiger partial charge in [0.15, 0.2) is 0 Å². The third-order valence-electron chi connectivity index (χ3n) is 12.7. The van der Waals surface area contributed by atoms with E-state index in [9.17, 15) is 47.9 Å². The molecule has 0 saturated heterocycles. The lowest BCUT2D eigenvalue weighted by Gasteiger charge is -2.09. The fraction of sp³-hybridized carbons (Fsp3) is 0.403. The normalized spacial score (nSPS) is 9.89. The maximum atomic E-state index is 11.9. The lowest BCUT2D eigenvalue weighted by molar-refractivity contribution is -0.126. The minimum absolute atomic E-state index is 0.00166. The lowest BCUT2D eigenvalue weighted by atomic mass is 10.0. The van der Waals surface area contributed by atoms with Crippen LogP contribution in [0.3, 0.4) is 0 Å². The first-order chi connectivity index (χ1) is 42.3. The average Bonchev–Trinajstić information content (AvgIpc) is 3.69. The summed E-state index contributed by atoms with van der Waals surface area (Å²) in [5.74, 6) is -1.76. The van der Waals surface area contributed by atoms with Crippen LogP contribution in [0.1, 0.15) is 141 Å². The number of likely N-dealkylation sites (N-methyl/N-ethyl adjacent to an activating group) is 2. The summed E-state index contributed by atoms with van der Waals surface area (Å²) >= 11 is 0. The Morgan fingerprint density at radius 1 is 0.307 bits per heavy atom. The third-order valence-corrected chi connectivity index (χ3v) is 12.7. The van der Waals surface area contributed by atoms with Crippen LogP contribution in [0.15, 0.2) is 121 Å². The minimum atomic E-state index is -0.485. The Bertz CT molecular complexity index is 2920. The highest BCUT2D eigenvalue weighted by molar-refractivity contribution is 5.98. The Hall–Kier alpha value is -9.08. The quantitative estimate of drug-likeness (QED) is 0.0288. The van der Waals surface area contributed by atoms with Gasteiger partial charge in [-0.05, 0) is 129 Å². The fourth-order valence-electron chi connectivity index (χ4n) is 7.48. The molecule has 0 aliphatic heterocycles. The summed E-state index contributed by atoms with van der Waals surface area (Å²) in [5, 5.41) is 29.7. The van der Waals surface area contributed by atoms with Gasteiger partial charge in [-0.1, -0.05) is 114 Å². The molecule has 0 atom stereocenters. The van der Waals surface area contributed by atoms with Gasteiger partial charge >= 0.3 is 0 Å². The highest BCUT2D eigenvalue weighted by Crippen LogP contribution is 2.11. The van der Waals surface area contributed by atoms with E-state index < -0.39 is 11.8 Å². The second-order valence-corrected chi connectivity index (χ2v) is 19.5. The van der Waals surface area contributed by atoms with Crippen LogP contribution in [-0.4, -0.2) is 145 Å². The van der Waals surface area contributed by atoms with Gasteiger partial charge in [0, 0.05) is 93.5 Å². The van der Waals surface area contributed by atoms with Crippen molar-refractivity contribution in [2.45, 2.75) is 93.9 Å². The molecule has 21 heteroatoms. The van der Waals surface area contributed by atoms with Gasteiger partial charge in [0.2, 0.25) is 23.6 Å². The van der Waals surface area contributed by atoms with E-state index in [4.69, 9.17) is 0 Å². The Morgan fingerprint density at radius 2 is 0.625 bits per heavy atom. The van der Waals surface area contributed by atoms with Gasteiger partial charge in [0.05, 0.1) is 19.6 Å². The second-order valence-electron chi connectivity index (χ2n) is 19.5. The number of aryl methyl sites for hydroxylation is 5. The monoisotopic (exact) mass is 1210 g/mol. The fourth-order valence-corrected chi connectivity index (χ4v) is 7.48. The second kappa shape index (κ2) is 47.1. The molecule has 11 N–H and O–H groups in total. The summed E-state index contributed by atoms with van der Waals surface area (Å²) < 4.78 is 0. The van der Waals surface area contributed by atoms with E-state index in [2.05, 4.69) is 79.3 Å². The molecule has 0 heterocycles. The van der Waals surface area contributed by atoms with Gasteiger partial charge in [-0.25, -0.2) is 0 Å². The van der Waals surface area contributed by atoms with Crippen LogP contribution in [0.4, 0.5) is 0 Å². The average molecular weight is 1210 g/mol. The number of hydrogen-bond donors (Lipinski definition) is 11. The Morgan fingerprint density at radius 3 is 0.966 bits per heavy atom. The Kier molecular flexibility index (Phi) is 41.2. The first-order valence-electron chi connectivity index (χ1n) is 30.0. The summed E-state index contributed by atoms with van der Waals surface area (Å²) in [7, 11) is 3.73. The molecule has 21 nitrogen and oxygen atoms in total. The van der Waals surface area contributed by atoms with Crippen LogP contribution in [-0.2, 0) is 56.1 Å². The van der Waals surface area contributed by atoms with Crippen molar-refractivity contribution >= 4 is 58.9 Å². The maximum absolute atomic E-state index is 11.9. The van der Waals surface area contributed by atoms with E-state index in [0.717, 1.165) is 73.0 Å². The number of carbonyl (C=O) groups is 10. The van der Waals surface area contributed by atoms with E-state index in [1.165, 1.54) is 25.0 Å². The zero-order chi connectivity index (χ0) is 65.5. The smallest absolute Gasteiger partial charge is 0.251 e. The van der Waals surface area contributed by atoms with Crippen LogP contribution in [0.2, 0.25) is 0 Å². The first kappa shape index (κ1) is 76.9. The molecule has 88 heavy (non-hydrogen) atoms. The molecule has 0 spiro atoms. The van der Waals surface area contributed by atoms with Crippen LogP contribution in [0.5, 0.6) is 0 Å². The zero-order valence-corrected chi connectivity index (χ0v) is 53.2. The summed E-state index contributed by atoms with van der Waals surface area (Å²) in [6, 6.07) is 37.6. The van der Waals surface area contributed by atoms with Crippen molar-refractivity contribution in [2.24, 2.45) is 0 Å². The molecule has 0 aliphatic carbocycles. The van der Waals surface area contributed by atoms with E-state index in [0.29, 0.717) is 62.4 Å². The van der Waals surface area contributed by atoms with Crippen molar-refractivity contribution in [2.75, 3.05) is 86.1 Å². The Labute approximate surface area is 520 Å². The maximum Gasteiger partial charge on any atom is 0.251 e. The number of carbonyl (C=O) groups excluding carboxylic acids is 10. The highest BCUT2D eigenvalue weighted by atomic mass is 16.2. The number of ketones is 1. The van der Waals surface area contributed by atoms with Crippen molar-refractivity contribution in [1.29, 1.82) is 0 Å². The van der Waals surface area contributed by atoms with Gasteiger partial charge < -0.3 is 58.5 Å². The van der Waals surface area contributed by atoms with Gasteiger partial charge in [-0.2, -0.15) is 0 Å². The van der Waals surface area contributed by atoms with Crippen LogP contribution < -0.4 is 58.5 Å². The number of rotatable bonds is 29. The van der Waals surface area contributed by atoms with Gasteiger partial charge in [-0.15, -0.1) is 0 Å². The summed E-state index contributed by atoms with van der Waals surface area (Å²) in [6.45, 7) is 19.0. The molecule has 0 aliphatic rings. The van der Waals surface area contributed by atoms with E-state index >= 15 is 0 Å². The third kappa shape index (κ3) is 34.2. The molecule has 5 aromatic carbocycles. The molecule has 0 bridgehead atoms. The number of Topliss-reactive ketones (excluding diaryl/α,β-unsaturated/α-hetero) is 1. The van der Waals surface area contributed by atoms with Crippen LogP contribution in [0, 0.1) is 0 Å². The first-order valence-corrected chi connectivity index (χ1v) is 30.0. The van der Waals surface area contributed by atoms with Crippen LogP contribution >= 0.6 is 0 Å². The van der Waals surface area contributed by atoms with Crippen LogP contribution in [0.25, 0.3) is 0 Å². The standard InChI is InChI=1S/C16H21N3O4.C14H20N2O2.C13H18N2O2.2C12H18N2O/c1-3-12-4-6-13(7-5-12)16(23)19-10-15(22)18-9-14(21)17-8-11(2)20;1-3-11-7-5-6-8-12(11)14(18)16-10-9-15-13(17)4-2;1-3-11-4-6-12(7-5-11)13(17)15-9-8-14-10(2)16;1-3-10-4-6-11(7-5-10)12(15)14-9-8-13-2;1-3-10-6-4-5-7-11(10)12(15)14-9-8-13-2/h4-7H,3,8-10H2,1-2H3,(H,17,21)(H,18,22)(H,19,23);5-8H,3-4,9-10H2,1-2H3,(H,15,17)(H,16,18);4-7H,3,8-9H2,1-2H3,(H,14,16)(H,15,17);2*4-7,13H,3,8-9H2,1-2H3,(H,14,15). The summed E-state index contributed by atoms with van der Waals surface area (Å²) in [6.07, 6.45) is 5.03. The molecular formula is C67H95N11O10. The van der Waals surface area contributed by atoms with E-state index in [-0.39, 0.29) is 66.8 Å². The number of benzene rings is 5. The molecule has 0 radical (unpaired) electrons. The van der Waals surface area contributed by atoms with Crippen molar-refractivity contribution in [1.82, 2.24) is 58.5 Å². The molecule has 0 aromatic heterocycles.